The number of rotatable bonds is 5. The SMILES string of the molecule is O=C(O)COCC(=O)Nc1ccc(F)c(F)c1. The van der Waals surface area contributed by atoms with Crippen molar-refractivity contribution in [3.8, 4) is 0 Å². The summed E-state index contributed by atoms with van der Waals surface area (Å²) in [4.78, 5) is 21.2. The Morgan fingerprint density at radius 2 is 1.94 bits per heavy atom. The molecular weight excluding hydrogens is 236 g/mol. The third kappa shape index (κ3) is 4.56. The summed E-state index contributed by atoms with van der Waals surface area (Å²) in [5.41, 5.74) is 0.0628. The van der Waals surface area contributed by atoms with Gasteiger partial charge in [0.2, 0.25) is 5.91 Å². The maximum atomic E-state index is 12.8. The van der Waals surface area contributed by atoms with Crippen LogP contribution in [-0.2, 0) is 14.3 Å². The van der Waals surface area contributed by atoms with Gasteiger partial charge >= 0.3 is 5.97 Å². The van der Waals surface area contributed by atoms with Crippen molar-refractivity contribution < 1.29 is 28.2 Å². The molecule has 0 aliphatic carbocycles. The number of aliphatic carboxylic acids is 1. The monoisotopic (exact) mass is 245 g/mol. The molecule has 0 heterocycles. The zero-order valence-corrected chi connectivity index (χ0v) is 8.57. The average Bonchev–Trinajstić information content (AvgIpc) is 2.23. The van der Waals surface area contributed by atoms with E-state index in [0.29, 0.717) is 0 Å². The average molecular weight is 245 g/mol. The molecule has 1 aromatic rings. The zero-order valence-electron chi connectivity index (χ0n) is 8.57. The Hall–Kier alpha value is -2.02. The van der Waals surface area contributed by atoms with Gasteiger partial charge in [0, 0.05) is 11.8 Å². The predicted molar refractivity (Wildman–Crippen MR) is 53.4 cm³/mol. The molecule has 0 atom stereocenters. The molecule has 92 valence electrons. The fourth-order valence-corrected chi connectivity index (χ4v) is 1.00. The molecule has 0 aliphatic rings. The smallest absolute Gasteiger partial charge is 0.329 e. The maximum Gasteiger partial charge on any atom is 0.329 e. The highest BCUT2D eigenvalue weighted by Crippen LogP contribution is 2.12. The summed E-state index contributed by atoms with van der Waals surface area (Å²) in [7, 11) is 0. The molecule has 5 nitrogen and oxygen atoms in total. The second kappa shape index (κ2) is 5.90. The highest BCUT2D eigenvalue weighted by molar-refractivity contribution is 5.91. The molecule has 0 bridgehead atoms. The number of hydrogen-bond donors (Lipinski definition) is 2. The summed E-state index contributed by atoms with van der Waals surface area (Å²) >= 11 is 0. The first-order valence-corrected chi connectivity index (χ1v) is 4.53. The highest BCUT2D eigenvalue weighted by Gasteiger charge is 2.07. The number of carbonyl (C=O) groups excluding carboxylic acids is 1. The molecule has 0 aromatic heterocycles. The Morgan fingerprint density at radius 1 is 1.24 bits per heavy atom. The Labute approximate surface area is 95.0 Å². The van der Waals surface area contributed by atoms with Crippen molar-refractivity contribution in [1.29, 1.82) is 0 Å². The first kappa shape index (κ1) is 13.0. The molecule has 0 fully saturated rings. The van der Waals surface area contributed by atoms with Crippen LogP contribution in [0.4, 0.5) is 14.5 Å². The van der Waals surface area contributed by atoms with Crippen molar-refractivity contribution in [1.82, 2.24) is 0 Å². The van der Waals surface area contributed by atoms with E-state index in [9.17, 15) is 18.4 Å². The molecule has 0 aliphatic heterocycles. The summed E-state index contributed by atoms with van der Waals surface area (Å²) in [5, 5.41) is 10.5. The number of ether oxygens (including phenoxy) is 1. The zero-order chi connectivity index (χ0) is 12.8. The van der Waals surface area contributed by atoms with E-state index in [0.717, 1.165) is 12.1 Å². The van der Waals surface area contributed by atoms with Crippen LogP contribution in [0.3, 0.4) is 0 Å². The van der Waals surface area contributed by atoms with Gasteiger partial charge in [0.1, 0.15) is 13.2 Å². The number of halogens is 2. The van der Waals surface area contributed by atoms with E-state index in [1.165, 1.54) is 6.07 Å². The summed E-state index contributed by atoms with van der Waals surface area (Å²) in [6.45, 7) is -1.09. The second-order valence-electron chi connectivity index (χ2n) is 3.06. The predicted octanol–water partition coefficient (Wildman–Crippen LogP) is 1.00. The second-order valence-corrected chi connectivity index (χ2v) is 3.06. The van der Waals surface area contributed by atoms with Gasteiger partial charge in [0.05, 0.1) is 0 Å². The van der Waals surface area contributed by atoms with E-state index >= 15 is 0 Å². The molecule has 0 saturated heterocycles. The maximum absolute atomic E-state index is 12.8. The summed E-state index contributed by atoms with van der Waals surface area (Å²) in [6, 6.07) is 2.85. The van der Waals surface area contributed by atoms with Crippen LogP contribution in [0.1, 0.15) is 0 Å². The van der Waals surface area contributed by atoms with E-state index < -0.39 is 36.7 Å². The Bertz CT molecular complexity index is 436. The number of anilines is 1. The van der Waals surface area contributed by atoms with Gasteiger partial charge in [0.25, 0.3) is 0 Å². The quantitative estimate of drug-likeness (QED) is 0.811. The third-order valence-corrected chi connectivity index (χ3v) is 1.66. The molecule has 0 unspecified atom stereocenters. The minimum Gasteiger partial charge on any atom is -0.480 e. The first-order valence-electron chi connectivity index (χ1n) is 4.53. The van der Waals surface area contributed by atoms with Crippen LogP contribution in [0.15, 0.2) is 18.2 Å². The lowest BCUT2D eigenvalue weighted by Crippen LogP contribution is -2.20. The van der Waals surface area contributed by atoms with Gasteiger partial charge in [-0.3, -0.25) is 4.79 Å². The van der Waals surface area contributed by atoms with Crippen molar-refractivity contribution in [2.24, 2.45) is 0 Å². The van der Waals surface area contributed by atoms with Crippen molar-refractivity contribution in [2.45, 2.75) is 0 Å². The molecule has 0 spiro atoms. The number of nitrogens with one attached hydrogen (secondary N) is 1. The van der Waals surface area contributed by atoms with E-state index in [2.05, 4.69) is 10.1 Å². The summed E-state index contributed by atoms with van der Waals surface area (Å²) in [6.07, 6.45) is 0. The standard InChI is InChI=1S/C10H9F2NO4/c11-7-2-1-6(3-8(7)12)13-9(14)4-17-5-10(15)16/h1-3H,4-5H2,(H,13,14)(H,15,16). The number of carboxylic acid groups (broad SMARTS) is 1. The van der Waals surface area contributed by atoms with Gasteiger partial charge in [-0.2, -0.15) is 0 Å². The van der Waals surface area contributed by atoms with E-state index in [-0.39, 0.29) is 5.69 Å². The lowest BCUT2D eigenvalue weighted by atomic mass is 10.3. The highest BCUT2D eigenvalue weighted by atomic mass is 19.2. The van der Waals surface area contributed by atoms with Crippen molar-refractivity contribution in [3.05, 3.63) is 29.8 Å². The van der Waals surface area contributed by atoms with E-state index in [1.807, 2.05) is 0 Å². The Balaban J connectivity index is 2.45. The molecule has 2 N–H and O–H groups in total. The lowest BCUT2D eigenvalue weighted by Gasteiger charge is -2.05. The number of carbonyl (C=O) groups is 2. The van der Waals surface area contributed by atoms with E-state index in [1.54, 1.807) is 0 Å². The Kier molecular flexibility index (Phi) is 4.53. The first-order chi connectivity index (χ1) is 7.99. The van der Waals surface area contributed by atoms with Crippen LogP contribution in [-0.4, -0.2) is 30.2 Å². The molecule has 0 radical (unpaired) electrons. The molecule has 0 saturated carbocycles. The Morgan fingerprint density at radius 3 is 2.53 bits per heavy atom. The number of benzene rings is 1. The van der Waals surface area contributed by atoms with Crippen LogP contribution in [0.2, 0.25) is 0 Å². The minimum absolute atomic E-state index is 0.0628. The van der Waals surface area contributed by atoms with Crippen molar-refractivity contribution in [2.75, 3.05) is 18.5 Å². The normalized spacial score (nSPS) is 10.0. The van der Waals surface area contributed by atoms with Gasteiger partial charge in [-0.25, -0.2) is 13.6 Å². The fraction of sp³-hybridized carbons (Fsp3) is 0.200. The molecule has 1 amide bonds. The number of amides is 1. The third-order valence-electron chi connectivity index (χ3n) is 1.66. The van der Waals surface area contributed by atoms with Gasteiger partial charge in [0.15, 0.2) is 11.6 Å². The van der Waals surface area contributed by atoms with Crippen molar-refractivity contribution in [3.63, 3.8) is 0 Å². The van der Waals surface area contributed by atoms with Crippen LogP contribution in [0, 0.1) is 11.6 Å². The van der Waals surface area contributed by atoms with Crippen LogP contribution >= 0.6 is 0 Å². The summed E-state index contributed by atoms with van der Waals surface area (Å²) in [5.74, 6) is -3.97. The van der Waals surface area contributed by atoms with Crippen LogP contribution in [0.5, 0.6) is 0 Å². The fourth-order valence-electron chi connectivity index (χ4n) is 1.00. The minimum atomic E-state index is -1.20. The number of hydrogen-bond acceptors (Lipinski definition) is 3. The van der Waals surface area contributed by atoms with Gasteiger partial charge in [-0.05, 0) is 12.1 Å². The van der Waals surface area contributed by atoms with Crippen molar-refractivity contribution >= 4 is 17.6 Å². The van der Waals surface area contributed by atoms with Gasteiger partial charge in [-0.1, -0.05) is 0 Å². The van der Waals surface area contributed by atoms with Crippen LogP contribution < -0.4 is 5.32 Å². The summed E-state index contributed by atoms with van der Waals surface area (Å²) < 4.78 is 29.8. The molecule has 1 aromatic carbocycles. The van der Waals surface area contributed by atoms with Gasteiger partial charge < -0.3 is 15.2 Å². The van der Waals surface area contributed by atoms with E-state index in [4.69, 9.17) is 5.11 Å². The molecule has 7 heteroatoms. The number of carboxylic acids is 1. The molecular formula is C10H9F2NO4. The van der Waals surface area contributed by atoms with Gasteiger partial charge in [-0.15, -0.1) is 0 Å². The van der Waals surface area contributed by atoms with Crippen LogP contribution in [0.25, 0.3) is 0 Å². The largest absolute Gasteiger partial charge is 0.480 e. The molecule has 17 heavy (non-hydrogen) atoms. The topological polar surface area (TPSA) is 75.6 Å². The molecule has 1 rings (SSSR count). The lowest BCUT2D eigenvalue weighted by molar-refractivity contribution is -0.143.